The Balaban J connectivity index is 1.53. The fraction of sp³-hybridized carbons (Fsp3) is 0.441. The summed E-state index contributed by atoms with van der Waals surface area (Å²) in [6, 6.07) is 11.0. The van der Waals surface area contributed by atoms with E-state index >= 15 is 0 Å². The van der Waals surface area contributed by atoms with Gasteiger partial charge in [0.25, 0.3) is 5.91 Å². The predicted molar refractivity (Wildman–Crippen MR) is 164 cm³/mol. The Morgan fingerprint density at radius 3 is 2.12 bits per heavy atom. The second-order valence-corrected chi connectivity index (χ2v) is 13.7. The first-order valence-electron chi connectivity index (χ1n) is 14.3. The zero-order valence-corrected chi connectivity index (χ0v) is 26.2. The van der Waals surface area contributed by atoms with Crippen molar-refractivity contribution < 1.29 is 23.9 Å². The molecule has 3 aliphatic rings. The van der Waals surface area contributed by atoms with Gasteiger partial charge in [0.1, 0.15) is 0 Å². The van der Waals surface area contributed by atoms with Crippen molar-refractivity contribution in [2.24, 2.45) is 10.8 Å². The Kier molecular flexibility index (Phi) is 7.77. The van der Waals surface area contributed by atoms with Gasteiger partial charge in [0.05, 0.1) is 12.1 Å². The highest BCUT2D eigenvalue weighted by Gasteiger charge is 2.48. The number of ketones is 2. The predicted octanol–water partition coefficient (Wildman–Crippen LogP) is 6.99. The van der Waals surface area contributed by atoms with E-state index in [4.69, 9.17) is 21.1 Å². The molecule has 1 N–H and O–H groups in total. The monoisotopic (exact) mass is 590 g/mol. The third-order valence-corrected chi connectivity index (χ3v) is 8.70. The minimum Gasteiger partial charge on any atom is -0.493 e. The Morgan fingerprint density at radius 2 is 1.57 bits per heavy atom. The van der Waals surface area contributed by atoms with Crippen molar-refractivity contribution in [3.63, 3.8) is 0 Å². The third kappa shape index (κ3) is 5.71. The number of nitrogens with one attached hydrogen (secondary N) is 1. The van der Waals surface area contributed by atoms with Crippen LogP contribution in [0.5, 0.6) is 11.5 Å². The molecule has 42 heavy (non-hydrogen) atoms. The summed E-state index contributed by atoms with van der Waals surface area (Å²) >= 11 is 6.79. The molecule has 0 aromatic heterocycles. The number of aryl methyl sites for hydroxylation is 1. The number of Topliss-reactive ketones (excluding diaryl/α,β-unsaturated/α-hetero) is 2. The van der Waals surface area contributed by atoms with Crippen LogP contribution in [0.3, 0.4) is 0 Å². The lowest BCUT2D eigenvalue weighted by Crippen LogP contribution is -2.43. The van der Waals surface area contributed by atoms with Crippen LogP contribution < -0.4 is 14.8 Å². The van der Waals surface area contributed by atoms with E-state index in [0.29, 0.717) is 41.0 Å². The van der Waals surface area contributed by atoms with Gasteiger partial charge in [-0.25, -0.2) is 0 Å². The number of amides is 1. The number of rotatable bonds is 6. The number of allylic oxidation sites excluding steroid dienone is 4. The van der Waals surface area contributed by atoms with Gasteiger partial charge in [0, 0.05) is 54.0 Å². The van der Waals surface area contributed by atoms with Crippen molar-refractivity contribution in [2.45, 2.75) is 66.2 Å². The summed E-state index contributed by atoms with van der Waals surface area (Å²) < 4.78 is 11.5. The topological polar surface area (TPSA) is 84.9 Å². The van der Waals surface area contributed by atoms with Crippen molar-refractivity contribution in [2.75, 3.05) is 26.1 Å². The normalized spacial score (nSPS) is 19.9. The van der Waals surface area contributed by atoms with Gasteiger partial charge >= 0.3 is 0 Å². The first-order chi connectivity index (χ1) is 19.7. The van der Waals surface area contributed by atoms with E-state index in [1.165, 1.54) is 7.11 Å². The maximum absolute atomic E-state index is 13.8. The standard InChI is InChI=1S/C34H39ClN2O5/c1-19-9-8-10-21(11-19)36-28(40)18-42-32-22(35)12-20(13-27(32)41-7)29-30-23(14-33(2,3)16-25(30)38)37(6)24-15-34(4,5)17-26(39)31(24)29/h8-13,29H,14-18H2,1-7H3,(H,36,40). The number of halogens is 1. The molecule has 0 radical (unpaired) electrons. The lowest BCUT2D eigenvalue weighted by Gasteiger charge is -2.48. The minimum atomic E-state index is -0.552. The molecule has 2 aromatic rings. The molecule has 2 aliphatic carbocycles. The average molecular weight is 591 g/mol. The first kappa shape index (κ1) is 29.9. The van der Waals surface area contributed by atoms with Gasteiger partial charge in [-0.15, -0.1) is 0 Å². The quantitative estimate of drug-likeness (QED) is 0.390. The third-order valence-electron chi connectivity index (χ3n) is 8.41. The van der Waals surface area contributed by atoms with Gasteiger partial charge in [-0.3, -0.25) is 14.4 Å². The molecule has 0 saturated heterocycles. The molecule has 0 bridgehead atoms. The molecule has 1 heterocycles. The van der Waals surface area contributed by atoms with Crippen LogP contribution in [0.4, 0.5) is 5.69 Å². The summed E-state index contributed by atoms with van der Waals surface area (Å²) in [6.07, 6.45) is 2.27. The van der Waals surface area contributed by atoms with Crippen LogP contribution in [-0.4, -0.2) is 43.1 Å². The number of anilines is 1. The van der Waals surface area contributed by atoms with Gasteiger partial charge < -0.3 is 19.7 Å². The van der Waals surface area contributed by atoms with Crippen molar-refractivity contribution in [3.8, 4) is 11.5 Å². The summed E-state index contributed by atoms with van der Waals surface area (Å²) in [5.74, 6) is -0.241. The molecular weight excluding hydrogens is 552 g/mol. The lowest BCUT2D eigenvalue weighted by atomic mass is 9.63. The summed E-state index contributed by atoms with van der Waals surface area (Å²) in [6.45, 7) is 10.1. The van der Waals surface area contributed by atoms with E-state index in [0.717, 1.165) is 29.8 Å². The van der Waals surface area contributed by atoms with Crippen molar-refractivity contribution in [1.82, 2.24) is 4.90 Å². The maximum atomic E-state index is 13.8. The van der Waals surface area contributed by atoms with Gasteiger partial charge in [0.15, 0.2) is 29.7 Å². The number of nitrogens with zero attached hydrogens (tertiary/aromatic N) is 1. The fourth-order valence-corrected chi connectivity index (χ4v) is 6.88. The molecule has 2 aromatic carbocycles. The molecule has 222 valence electrons. The van der Waals surface area contributed by atoms with Crippen LogP contribution >= 0.6 is 11.6 Å². The van der Waals surface area contributed by atoms with E-state index in [9.17, 15) is 14.4 Å². The number of hydrogen-bond donors (Lipinski definition) is 1. The van der Waals surface area contributed by atoms with E-state index in [2.05, 4.69) is 37.9 Å². The molecule has 0 unspecified atom stereocenters. The molecule has 0 fully saturated rings. The largest absolute Gasteiger partial charge is 0.493 e. The van der Waals surface area contributed by atoms with Gasteiger partial charge in [-0.2, -0.15) is 0 Å². The zero-order valence-electron chi connectivity index (χ0n) is 25.4. The molecule has 8 heteroatoms. The van der Waals surface area contributed by atoms with Crippen LogP contribution in [-0.2, 0) is 14.4 Å². The van der Waals surface area contributed by atoms with Crippen LogP contribution in [0.15, 0.2) is 58.9 Å². The number of methoxy groups -OCH3 is 1. The van der Waals surface area contributed by atoms with Gasteiger partial charge in [-0.05, 0) is 66.0 Å². The Morgan fingerprint density at radius 1 is 0.976 bits per heavy atom. The van der Waals surface area contributed by atoms with Crippen LogP contribution in [0.25, 0.3) is 0 Å². The van der Waals surface area contributed by atoms with Crippen molar-refractivity contribution in [1.29, 1.82) is 0 Å². The Labute approximate surface area is 252 Å². The molecule has 5 rings (SSSR count). The summed E-state index contributed by atoms with van der Waals surface area (Å²) in [5.41, 5.74) is 5.28. The molecule has 1 aliphatic heterocycles. The fourth-order valence-electron chi connectivity index (χ4n) is 6.60. The molecule has 0 saturated carbocycles. The summed E-state index contributed by atoms with van der Waals surface area (Å²) in [4.78, 5) is 42.3. The maximum Gasteiger partial charge on any atom is 0.262 e. The second-order valence-electron chi connectivity index (χ2n) is 13.3. The van der Waals surface area contributed by atoms with Gasteiger partial charge in [0.2, 0.25) is 0 Å². The highest BCUT2D eigenvalue weighted by molar-refractivity contribution is 6.32. The summed E-state index contributed by atoms with van der Waals surface area (Å²) in [5, 5.41) is 3.06. The Bertz CT molecular complexity index is 1500. The Hall–Kier alpha value is -3.58. The first-order valence-corrected chi connectivity index (χ1v) is 14.7. The van der Waals surface area contributed by atoms with Crippen molar-refractivity contribution in [3.05, 3.63) is 75.1 Å². The highest BCUT2D eigenvalue weighted by atomic mass is 35.5. The molecule has 0 spiro atoms. The number of benzene rings is 2. The lowest BCUT2D eigenvalue weighted by molar-refractivity contribution is -0.120. The molecule has 0 atom stereocenters. The SMILES string of the molecule is COc1cc(C2C3=C(CC(C)(C)CC3=O)N(C)C3=C2C(=O)CC(C)(C)C3)cc(Cl)c1OCC(=O)Nc1cccc(C)c1. The van der Waals surface area contributed by atoms with Crippen LogP contribution in [0, 0.1) is 17.8 Å². The molecule has 1 amide bonds. The number of ether oxygens (including phenoxy) is 2. The summed E-state index contributed by atoms with van der Waals surface area (Å²) in [7, 11) is 3.48. The highest BCUT2D eigenvalue weighted by Crippen LogP contribution is 2.55. The molecular formula is C34H39ClN2O5. The van der Waals surface area contributed by atoms with Crippen LogP contribution in [0.2, 0.25) is 5.02 Å². The van der Waals surface area contributed by atoms with E-state index in [1.807, 2.05) is 38.2 Å². The minimum absolute atomic E-state index is 0.0468. The van der Waals surface area contributed by atoms with E-state index < -0.39 is 5.92 Å². The zero-order chi connectivity index (χ0) is 30.6. The smallest absolute Gasteiger partial charge is 0.262 e. The van der Waals surface area contributed by atoms with E-state index in [1.54, 1.807) is 12.1 Å². The number of carbonyl (C=O) groups excluding carboxylic acids is 3. The van der Waals surface area contributed by atoms with Crippen LogP contribution in [0.1, 0.15) is 70.4 Å². The average Bonchev–Trinajstić information content (AvgIpc) is 2.87. The number of carbonyl (C=O) groups is 3. The van der Waals surface area contributed by atoms with Gasteiger partial charge in [-0.1, -0.05) is 51.4 Å². The molecule has 7 nitrogen and oxygen atoms in total. The van der Waals surface area contributed by atoms with Crippen molar-refractivity contribution >= 4 is 34.8 Å². The second kappa shape index (κ2) is 10.9. The number of hydrogen-bond acceptors (Lipinski definition) is 6. The van der Waals surface area contributed by atoms with E-state index in [-0.39, 0.29) is 45.7 Å².